The first-order valence-electron chi connectivity index (χ1n) is 9.07. The number of amides is 2. The maximum absolute atomic E-state index is 12.1. The highest BCUT2D eigenvalue weighted by Gasteiger charge is 2.19. The highest BCUT2D eigenvalue weighted by atomic mass is 16.3. The number of hydrogen-bond donors (Lipinski definition) is 3. The standard InChI is InChI=1S/C19H31N3O2/c1-14-13-17(22-11-5-4-8-16(22)3)9-10-18(14)21-19(24)20-15(2)7-6-12-23/h9-10,13,15-16,23H,4-8,11-12H2,1-3H3,(H2,20,21,24). The Labute approximate surface area is 145 Å². The summed E-state index contributed by atoms with van der Waals surface area (Å²) in [4.78, 5) is 14.5. The molecule has 0 radical (unpaired) electrons. The van der Waals surface area contributed by atoms with Crippen molar-refractivity contribution < 1.29 is 9.90 Å². The van der Waals surface area contributed by atoms with Gasteiger partial charge in [0.15, 0.2) is 0 Å². The van der Waals surface area contributed by atoms with Gasteiger partial charge in [0.2, 0.25) is 0 Å². The van der Waals surface area contributed by atoms with E-state index in [1.165, 1.54) is 24.9 Å². The van der Waals surface area contributed by atoms with Gasteiger partial charge in [-0.25, -0.2) is 4.79 Å². The van der Waals surface area contributed by atoms with Gasteiger partial charge in [-0.2, -0.15) is 0 Å². The Morgan fingerprint density at radius 1 is 1.42 bits per heavy atom. The van der Waals surface area contributed by atoms with E-state index in [0.717, 1.165) is 24.2 Å². The summed E-state index contributed by atoms with van der Waals surface area (Å²) in [6, 6.07) is 6.68. The molecule has 1 aliphatic heterocycles. The van der Waals surface area contributed by atoms with E-state index in [9.17, 15) is 4.79 Å². The van der Waals surface area contributed by atoms with Gasteiger partial charge in [0, 0.05) is 36.6 Å². The van der Waals surface area contributed by atoms with Crippen molar-refractivity contribution in [1.82, 2.24) is 5.32 Å². The van der Waals surface area contributed by atoms with E-state index in [4.69, 9.17) is 5.11 Å². The summed E-state index contributed by atoms with van der Waals surface area (Å²) in [5.41, 5.74) is 3.15. The zero-order valence-electron chi connectivity index (χ0n) is 15.1. The molecule has 5 nitrogen and oxygen atoms in total. The van der Waals surface area contributed by atoms with Gasteiger partial charge in [0.05, 0.1) is 0 Å². The molecule has 24 heavy (non-hydrogen) atoms. The fourth-order valence-corrected chi connectivity index (χ4v) is 3.30. The van der Waals surface area contributed by atoms with Crippen LogP contribution in [0.25, 0.3) is 0 Å². The van der Waals surface area contributed by atoms with Crippen molar-refractivity contribution in [3.63, 3.8) is 0 Å². The van der Waals surface area contributed by atoms with Gasteiger partial charge in [-0.3, -0.25) is 0 Å². The number of urea groups is 1. The molecule has 0 saturated carbocycles. The van der Waals surface area contributed by atoms with Crippen LogP contribution in [0.5, 0.6) is 0 Å². The van der Waals surface area contributed by atoms with E-state index in [0.29, 0.717) is 12.5 Å². The number of nitrogens with one attached hydrogen (secondary N) is 2. The summed E-state index contributed by atoms with van der Waals surface area (Å²) >= 11 is 0. The maximum atomic E-state index is 12.1. The van der Waals surface area contributed by atoms with Gasteiger partial charge in [-0.1, -0.05) is 0 Å². The summed E-state index contributed by atoms with van der Waals surface area (Å²) in [5, 5.41) is 14.7. The van der Waals surface area contributed by atoms with Gasteiger partial charge in [-0.05, 0) is 76.6 Å². The van der Waals surface area contributed by atoms with Crippen LogP contribution >= 0.6 is 0 Å². The molecule has 2 amide bonds. The number of benzene rings is 1. The van der Waals surface area contributed by atoms with Gasteiger partial charge >= 0.3 is 6.03 Å². The summed E-state index contributed by atoms with van der Waals surface area (Å²) in [6.07, 6.45) is 5.27. The van der Waals surface area contributed by atoms with E-state index in [-0.39, 0.29) is 18.7 Å². The third-order valence-corrected chi connectivity index (χ3v) is 4.77. The van der Waals surface area contributed by atoms with Crippen LogP contribution in [-0.4, -0.2) is 36.4 Å². The summed E-state index contributed by atoms with van der Waals surface area (Å²) < 4.78 is 0. The largest absolute Gasteiger partial charge is 0.396 e. The molecule has 1 heterocycles. The molecule has 1 aromatic rings. The third-order valence-electron chi connectivity index (χ3n) is 4.77. The maximum Gasteiger partial charge on any atom is 0.319 e. The molecule has 1 aliphatic rings. The van der Waals surface area contributed by atoms with Crippen molar-refractivity contribution in [3.8, 4) is 0 Å². The predicted molar refractivity (Wildman–Crippen MR) is 99.8 cm³/mol. The molecule has 1 fully saturated rings. The average molecular weight is 333 g/mol. The van der Waals surface area contributed by atoms with Crippen LogP contribution in [0.1, 0.15) is 51.5 Å². The molecule has 0 bridgehead atoms. The molecule has 2 rings (SSSR count). The molecular weight excluding hydrogens is 302 g/mol. The Morgan fingerprint density at radius 3 is 2.88 bits per heavy atom. The van der Waals surface area contributed by atoms with E-state index >= 15 is 0 Å². The molecule has 0 aliphatic carbocycles. The minimum atomic E-state index is -0.192. The first-order chi connectivity index (χ1) is 11.5. The number of aryl methyl sites for hydroxylation is 1. The highest BCUT2D eigenvalue weighted by Crippen LogP contribution is 2.28. The number of aliphatic hydroxyl groups is 1. The van der Waals surface area contributed by atoms with Crippen LogP contribution in [0.15, 0.2) is 18.2 Å². The number of anilines is 2. The Morgan fingerprint density at radius 2 is 2.21 bits per heavy atom. The van der Waals surface area contributed by atoms with Crippen molar-refractivity contribution in [2.75, 3.05) is 23.4 Å². The van der Waals surface area contributed by atoms with Crippen molar-refractivity contribution in [1.29, 1.82) is 0 Å². The minimum Gasteiger partial charge on any atom is -0.396 e. The molecule has 3 N–H and O–H groups in total. The van der Waals surface area contributed by atoms with Gasteiger partial charge in [-0.15, -0.1) is 0 Å². The number of piperidine rings is 1. The van der Waals surface area contributed by atoms with Crippen LogP contribution < -0.4 is 15.5 Å². The van der Waals surface area contributed by atoms with Crippen LogP contribution in [0.2, 0.25) is 0 Å². The lowest BCUT2D eigenvalue weighted by molar-refractivity contribution is 0.245. The normalized spacial score (nSPS) is 19.0. The van der Waals surface area contributed by atoms with Crippen LogP contribution in [0, 0.1) is 6.92 Å². The van der Waals surface area contributed by atoms with Gasteiger partial charge in [0.25, 0.3) is 0 Å². The van der Waals surface area contributed by atoms with Crippen molar-refractivity contribution in [2.24, 2.45) is 0 Å². The van der Waals surface area contributed by atoms with Gasteiger partial charge in [0.1, 0.15) is 0 Å². The number of hydrogen-bond acceptors (Lipinski definition) is 3. The summed E-state index contributed by atoms with van der Waals surface area (Å²) in [6.45, 7) is 7.52. The van der Waals surface area contributed by atoms with Crippen LogP contribution in [-0.2, 0) is 0 Å². The number of carbonyl (C=O) groups is 1. The summed E-state index contributed by atoms with van der Waals surface area (Å²) in [7, 11) is 0. The SMILES string of the molecule is Cc1cc(N2CCCCC2C)ccc1NC(=O)NC(C)CCCO. The van der Waals surface area contributed by atoms with Crippen molar-refractivity contribution in [3.05, 3.63) is 23.8 Å². The van der Waals surface area contributed by atoms with Crippen LogP contribution in [0.3, 0.4) is 0 Å². The van der Waals surface area contributed by atoms with Crippen molar-refractivity contribution in [2.45, 2.75) is 65.0 Å². The summed E-state index contributed by atoms with van der Waals surface area (Å²) in [5.74, 6) is 0. The zero-order chi connectivity index (χ0) is 17.5. The molecule has 2 unspecified atom stereocenters. The molecule has 5 heteroatoms. The second-order valence-corrected chi connectivity index (χ2v) is 6.90. The molecule has 0 aromatic heterocycles. The quantitative estimate of drug-likeness (QED) is 0.744. The smallest absolute Gasteiger partial charge is 0.319 e. The number of aliphatic hydroxyl groups excluding tert-OH is 1. The lowest BCUT2D eigenvalue weighted by Crippen LogP contribution is -2.37. The molecular formula is C19H31N3O2. The fraction of sp³-hybridized carbons (Fsp3) is 0.632. The zero-order valence-corrected chi connectivity index (χ0v) is 15.1. The Kier molecular flexibility index (Phi) is 6.91. The highest BCUT2D eigenvalue weighted by molar-refractivity contribution is 5.90. The topological polar surface area (TPSA) is 64.6 Å². The molecule has 1 saturated heterocycles. The lowest BCUT2D eigenvalue weighted by atomic mass is 10.0. The molecule has 2 atom stereocenters. The minimum absolute atomic E-state index is 0.0472. The van der Waals surface area contributed by atoms with Gasteiger partial charge < -0.3 is 20.6 Å². The fourth-order valence-electron chi connectivity index (χ4n) is 3.30. The molecule has 1 aromatic carbocycles. The Bertz CT molecular complexity index is 547. The number of rotatable bonds is 6. The second kappa shape index (κ2) is 8.92. The van der Waals surface area contributed by atoms with E-state index < -0.39 is 0 Å². The monoisotopic (exact) mass is 333 g/mol. The van der Waals surface area contributed by atoms with E-state index in [2.05, 4.69) is 34.6 Å². The molecule has 134 valence electrons. The van der Waals surface area contributed by atoms with Crippen molar-refractivity contribution >= 4 is 17.4 Å². The van der Waals surface area contributed by atoms with E-state index in [1.807, 2.05) is 19.9 Å². The first-order valence-corrected chi connectivity index (χ1v) is 9.07. The van der Waals surface area contributed by atoms with E-state index in [1.54, 1.807) is 0 Å². The Balaban J connectivity index is 1.95. The number of carbonyl (C=O) groups excluding carboxylic acids is 1. The third kappa shape index (κ3) is 5.13. The predicted octanol–water partition coefficient (Wildman–Crippen LogP) is 3.66. The van der Waals surface area contributed by atoms with Crippen LogP contribution in [0.4, 0.5) is 16.2 Å². The first kappa shape index (κ1) is 18.6. The number of nitrogens with zero attached hydrogens (tertiary/aromatic N) is 1. The average Bonchev–Trinajstić information content (AvgIpc) is 2.55. The lowest BCUT2D eigenvalue weighted by Gasteiger charge is -2.35. The second-order valence-electron chi connectivity index (χ2n) is 6.90. The molecule has 0 spiro atoms. The Hall–Kier alpha value is -1.75.